The van der Waals surface area contributed by atoms with Crippen molar-refractivity contribution in [1.29, 1.82) is 0 Å². The summed E-state index contributed by atoms with van der Waals surface area (Å²) in [6.07, 6.45) is 2.06. The molecule has 0 spiro atoms. The van der Waals surface area contributed by atoms with Crippen molar-refractivity contribution in [2.75, 3.05) is 26.7 Å². The Kier molecular flexibility index (Phi) is 4.86. The lowest BCUT2D eigenvalue weighted by molar-refractivity contribution is -0.133. The number of aliphatic hydroxyl groups is 1. The highest BCUT2D eigenvalue weighted by Gasteiger charge is 2.37. The maximum Gasteiger partial charge on any atom is 0.244 e. The van der Waals surface area contributed by atoms with Crippen LogP contribution in [0, 0.1) is 0 Å². The van der Waals surface area contributed by atoms with E-state index in [1.165, 1.54) is 16.6 Å². The molecule has 128 valence electrons. The number of nitrogens with zero attached hydrogens (tertiary/aromatic N) is 6. The number of benzene rings is 1. The number of likely N-dealkylation sites (N-methyl/N-ethyl adjacent to an activating group) is 1. The summed E-state index contributed by atoms with van der Waals surface area (Å²) in [5.74, 6) is -0.128. The van der Waals surface area contributed by atoms with E-state index < -0.39 is 5.60 Å². The molecule has 0 saturated carbocycles. The predicted octanol–water partition coefficient (Wildman–Crippen LogP) is -0.232. The Hall–Kier alpha value is -2.32. The Balaban J connectivity index is 1.52. The van der Waals surface area contributed by atoms with Crippen LogP contribution < -0.4 is 0 Å². The van der Waals surface area contributed by atoms with Gasteiger partial charge in [-0.15, -0.1) is 5.10 Å². The average Bonchev–Trinajstić information content (AvgIpc) is 3.18. The van der Waals surface area contributed by atoms with Crippen LogP contribution in [0.25, 0.3) is 0 Å². The van der Waals surface area contributed by atoms with Gasteiger partial charge in [-0.3, -0.25) is 9.69 Å². The number of likely N-dealkylation sites (tertiary alicyclic amines) is 1. The van der Waals surface area contributed by atoms with E-state index in [2.05, 4.69) is 32.6 Å². The molecule has 24 heavy (non-hydrogen) atoms. The second-order valence-corrected chi connectivity index (χ2v) is 6.43. The number of carbonyl (C=O) groups excluding carboxylic acids is 1. The van der Waals surface area contributed by atoms with Crippen molar-refractivity contribution in [2.45, 2.75) is 25.1 Å². The number of amides is 1. The molecule has 1 aliphatic heterocycles. The fourth-order valence-electron chi connectivity index (χ4n) is 3.09. The molecule has 8 nitrogen and oxygen atoms in total. The number of carbonyl (C=O) groups is 1. The molecule has 8 heteroatoms. The van der Waals surface area contributed by atoms with Crippen molar-refractivity contribution in [3.05, 3.63) is 42.2 Å². The SMILES string of the molecule is CN(CC1(O)CCN(Cc2ccccc2)C1)C(=O)Cn1cnnn1. The minimum atomic E-state index is -0.875. The van der Waals surface area contributed by atoms with Gasteiger partial charge in [-0.2, -0.15) is 0 Å². The van der Waals surface area contributed by atoms with Crippen molar-refractivity contribution in [1.82, 2.24) is 30.0 Å². The van der Waals surface area contributed by atoms with Crippen LogP contribution in [0.3, 0.4) is 0 Å². The molecule has 1 unspecified atom stereocenters. The summed E-state index contributed by atoms with van der Waals surface area (Å²) in [6, 6.07) is 10.2. The Morgan fingerprint density at radius 1 is 1.38 bits per heavy atom. The Morgan fingerprint density at radius 2 is 2.17 bits per heavy atom. The quantitative estimate of drug-likeness (QED) is 0.787. The smallest absolute Gasteiger partial charge is 0.244 e. The molecule has 1 aromatic carbocycles. The van der Waals surface area contributed by atoms with Gasteiger partial charge in [0.05, 0.1) is 12.1 Å². The average molecular weight is 330 g/mol. The first kappa shape index (κ1) is 16.5. The second-order valence-electron chi connectivity index (χ2n) is 6.43. The zero-order valence-corrected chi connectivity index (χ0v) is 13.7. The van der Waals surface area contributed by atoms with Crippen LogP contribution in [0.15, 0.2) is 36.7 Å². The Bertz CT molecular complexity index is 662. The lowest BCUT2D eigenvalue weighted by Gasteiger charge is -2.29. The molecule has 0 bridgehead atoms. The summed E-state index contributed by atoms with van der Waals surface area (Å²) < 4.78 is 1.37. The molecule has 1 fully saturated rings. The lowest BCUT2D eigenvalue weighted by atomic mass is 10.0. The third-order valence-electron chi connectivity index (χ3n) is 4.31. The van der Waals surface area contributed by atoms with Crippen LogP contribution in [-0.4, -0.2) is 73.3 Å². The van der Waals surface area contributed by atoms with Crippen LogP contribution in [0.4, 0.5) is 0 Å². The van der Waals surface area contributed by atoms with Crippen molar-refractivity contribution in [3.63, 3.8) is 0 Å². The van der Waals surface area contributed by atoms with E-state index in [1.54, 1.807) is 11.9 Å². The standard InChI is InChI=1S/C16H22N6O2/c1-20(15(23)10-22-13-17-18-19-22)11-16(24)7-8-21(12-16)9-14-5-3-2-4-6-14/h2-6,13,24H,7-12H2,1H3. The molecule has 1 aliphatic rings. The van der Waals surface area contributed by atoms with E-state index >= 15 is 0 Å². The largest absolute Gasteiger partial charge is 0.387 e. The monoisotopic (exact) mass is 330 g/mol. The third-order valence-corrected chi connectivity index (χ3v) is 4.31. The van der Waals surface area contributed by atoms with E-state index in [0.717, 1.165) is 13.1 Å². The summed E-state index contributed by atoms with van der Waals surface area (Å²) in [5.41, 5.74) is 0.352. The van der Waals surface area contributed by atoms with Gasteiger partial charge in [-0.25, -0.2) is 4.68 Å². The summed E-state index contributed by atoms with van der Waals surface area (Å²) >= 11 is 0. The van der Waals surface area contributed by atoms with Gasteiger partial charge in [-0.1, -0.05) is 30.3 Å². The maximum absolute atomic E-state index is 12.2. The number of rotatable bonds is 6. The number of tetrazole rings is 1. The molecule has 2 aromatic rings. The van der Waals surface area contributed by atoms with Gasteiger partial charge >= 0.3 is 0 Å². The van der Waals surface area contributed by atoms with Crippen molar-refractivity contribution in [2.24, 2.45) is 0 Å². The first-order chi connectivity index (χ1) is 11.5. The van der Waals surface area contributed by atoms with Gasteiger partial charge in [0.25, 0.3) is 0 Å². The van der Waals surface area contributed by atoms with Crippen LogP contribution in [0.1, 0.15) is 12.0 Å². The number of hydrogen-bond donors (Lipinski definition) is 1. The predicted molar refractivity (Wildman–Crippen MR) is 86.7 cm³/mol. The van der Waals surface area contributed by atoms with Crippen LogP contribution >= 0.6 is 0 Å². The van der Waals surface area contributed by atoms with Crippen LogP contribution in [-0.2, 0) is 17.9 Å². The van der Waals surface area contributed by atoms with Crippen molar-refractivity contribution < 1.29 is 9.90 Å². The molecule has 0 aliphatic carbocycles. The fraction of sp³-hybridized carbons (Fsp3) is 0.500. The minimum absolute atomic E-state index is 0.0767. The highest BCUT2D eigenvalue weighted by atomic mass is 16.3. The normalized spacial score (nSPS) is 21.1. The highest BCUT2D eigenvalue weighted by molar-refractivity contribution is 5.75. The molecule has 2 heterocycles. The lowest BCUT2D eigenvalue weighted by Crippen LogP contribution is -2.46. The summed E-state index contributed by atoms with van der Waals surface area (Å²) in [4.78, 5) is 16.0. The van der Waals surface area contributed by atoms with E-state index in [0.29, 0.717) is 19.5 Å². The number of aromatic nitrogens is 4. The molecule has 1 atom stereocenters. The van der Waals surface area contributed by atoms with E-state index in [4.69, 9.17) is 0 Å². The molecule has 1 aromatic heterocycles. The van der Waals surface area contributed by atoms with Gasteiger partial charge < -0.3 is 10.0 Å². The van der Waals surface area contributed by atoms with Crippen LogP contribution in [0.2, 0.25) is 0 Å². The van der Waals surface area contributed by atoms with E-state index in [9.17, 15) is 9.90 Å². The van der Waals surface area contributed by atoms with Crippen molar-refractivity contribution >= 4 is 5.91 Å². The van der Waals surface area contributed by atoms with E-state index in [1.807, 2.05) is 18.2 Å². The molecular formula is C16H22N6O2. The second kappa shape index (κ2) is 7.06. The Morgan fingerprint density at radius 3 is 2.88 bits per heavy atom. The molecule has 1 amide bonds. The van der Waals surface area contributed by atoms with Crippen LogP contribution in [0.5, 0.6) is 0 Å². The van der Waals surface area contributed by atoms with E-state index in [-0.39, 0.29) is 12.5 Å². The zero-order valence-electron chi connectivity index (χ0n) is 13.7. The van der Waals surface area contributed by atoms with Gasteiger partial charge in [0.2, 0.25) is 5.91 Å². The molecule has 1 N–H and O–H groups in total. The fourth-order valence-corrected chi connectivity index (χ4v) is 3.09. The van der Waals surface area contributed by atoms with Crippen molar-refractivity contribution in [3.8, 4) is 0 Å². The first-order valence-corrected chi connectivity index (χ1v) is 7.97. The molecule has 0 radical (unpaired) electrons. The summed E-state index contributed by atoms with van der Waals surface area (Å²) in [6.45, 7) is 2.57. The Labute approximate surface area is 140 Å². The topological polar surface area (TPSA) is 87.4 Å². The zero-order chi connectivity index (χ0) is 17.0. The van der Waals surface area contributed by atoms with Gasteiger partial charge in [-0.05, 0) is 22.4 Å². The third kappa shape index (κ3) is 4.15. The molecule has 3 rings (SSSR count). The first-order valence-electron chi connectivity index (χ1n) is 7.97. The number of β-amino-alcohol motifs (C(OH)–C–C–N with tert-alkyl or cyclic N) is 1. The summed E-state index contributed by atoms with van der Waals surface area (Å²) in [7, 11) is 1.70. The highest BCUT2D eigenvalue weighted by Crippen LogP contribution is 2.23. The maximum atomic E-state index is 12.2. The van der Waals surface area contributed by atoms with Gasteiger partial charge in [0.15, 0.2) is 0 Å². The minimum Gasteiger partial charge on any atom is -0.387 e. The molecular weight excluding hydrogens is 308 g/mol. The number of hydrogen-bond acceptors (Lipinski definition) is 6. The van der Waals surface area contributed by atoms with Gasteiger partial charge in [0, 0.05) is 26.7 Å². The summed E-state index contributed by atoms with van der Waals surface area (Å²) in [5, 5.41) is 21.5. The van der Waals surface area contributed by atoms with Gasteiger partial charge in [0.1, 0.15) is 12.9 Å². The molecule has 1 saturated heterocycles.